The van der Waals surface area contributed by atoms with E-state index in [9.17, 15) is 4.79 Å². The molecule has 2 aromatic rings. The van der Waals surface area contributed by atoms with Crippen molar-refractivity contribution in [3.05, 3.63) is 39.2 Å². The maximum absolute atomic E-state index is 12.0. The normalized spacial score (nSPS) is 10.2. The summed E-state index contributed by atoms with van der Waals surface area (Å²) in [6.45, 7) is 0.457. The molecule has 0 aliphatic rings. The molecule has 0 saturated heterocycles. The molecule has 0 aliphatic heterocycles. The highest BCUT2D eigenvalue weighted by molar-refractivity contribution is 9.10. The van der Waals surface area contributed by atoms with Crippen molar-refractivity contribution in [1.29, 1.82) is 0 Å². The topological polar surface area (TPSA) is 80.0 Å². The van der Waals surface area contributed by atoms with E-state index in [0.29, 0.717) is 16.6 Å². The summed E-state index contributed by atoms with van der Waals surface area (Å²) in [7, 11) is 1.74. The third kappa shape index (κ3) is 3.45. The lowest BCUT2D eigenvalue weighted by Gasteiger charge is -2.04. The van der Waals surface area contributed by atoms with Crippen LogP contribution in [0, 0.1) is 0 Å². The predicted octanol–water partition coefficient (Wildman–Crippen LogP) is 2.46. The van der Waals surface area contributed by atoms with Gasteiger partial charge >= 0.3 is 0 Å². The Bertz CT molecular complexity index is 582. The molecule has 19 heavy (non-hydrogen) atoms. The van der Waals surface area contributed by atoms with E-state index in [1.165, 1.54) is 11.3 Å². The molecule has 1 amide bonds. The first-order chi connectivity index (χ1) is 9.10. The van der Waals surface area contributed by atoms with Crippen molar-refractivity contribution in [3.63, 3.8) is 0 Å². The number of carbonyl (C=O) groups is 1. The number of amides is 1. The Morgan fingerprint density at radius 2 is 2.11 bits per heavy atom. The fourth-order valence-electron chi connectivity index (χ4n) is 1.47. The van der Waals surface area contributed by atoms with Crippen LogP contribution in [0.2, 0.25) is 0 Å². The largest absolute Gasteiger partial charge is 0.382 e. The zero-order chi connectivity index (χ0) is 13.8. The van der Waals surface area contributed by atoms with Gasteiger partial charge in [-0.25, -0.2) is 4.98 Å². The van der Waals surface area contributed by atoms with Gasteiger partial charge in [-0.05, 0) is 17.7 Å². The van der Waals surface area contributed by atoms with Gasteiger partial charge in [-0.3, -0.25) is 4.79 Å². The predicted molar refractivity (Wildman–Crippen MR) is 81.4 cm³/mol. The Balaban J connectivity index is 2.01. The second kappa shape index (κ2) is 6.03. The van der Waals surface area contributed by atoms with Crippen LogP contribution in [-0.4, -0.2) is 17.9 Å². The number of hydrogen-bond donors (Lipinski definition) is 3. The van der Waals surface area contributed by atoms with Crippen LogP contribution < -0.4 is 16.4 Å². The Morgan fingerprint density at radius 1 is 1.42 bits per heavy atom. The highest BCUT2D eigenvalue weighted by Gasteiger charge is 2.15. The molecule has 1 heterocycles. The summed E-state index contributed by atoms with van der Waals surface area (Å²) >= 11 is 4.60. The van der Waals surface area contributed by atoms with Crippen molar-refractivity contribution in [2.24, 2.45) is 0 Å². The van der Waals surface area contributed by atoms with Gasteiger partial charge in [0.2, 0.25) is 0 Å². The Morgan fingerprint density at radius 3 is 2.68 bits per heavy atom. The Kier molecular flexibility index (Phi) is 4.39. The molecule has 0 unspecified atom stereocenters. The van der Waals surface area contributed by atoms with Crippen molar-refractivity contribution in [1.82, 2.24) is 10.3 Å². The first kappa shape index (κ1) is 13.8. The molecule has 100 valence electrons. The number of anilines is 2. The minimum atomic E-state index is -0.209. The second-order valence-electron chi connectivity index (χ2n) is 3.79. The molecule has 0 aliphatic carbocycles. The monoisotopic (exact) mass is 340 g/mol. The SMILES string of the molecule is CNc1nc(N)c(C(=O)NCc2ccc(Br)cc2)s1. The van der Waals surface area contributed by atoms with Crippen LogP contribution >= 0.6 is 27.3 Å². The van der Waals surface area contributed by atoms with E-state index in [1.54, 1.807) is 7.05 Å². The quantitative estimate of drug-likeness (QED) is 0.798. The van der Waals surface area contributed by atoms with Crippen molar-refractivity contribution in [3.8, 4) is 0 Å². The lowest BCUT2D eigenvalue weighted by molar-refractivity contribution is 0.0955. The van der Waals surface area contributed by atoms with Crippen LogP contribution in [0.25, 0.3) is 0 Å². The van der Waals surface area contributed by atoms with Gasteiger partial charge in [0.25, 0.3) is 5.91 Å². The summed E-state index contributed by atoms with van der Waals surface area (Å²) < 4.78 is 1.01. The van der Waals surface area contributed by atoms with Gasteiger partial charge in [0, 0.05) is 18.1 Å². The molecule has 7 heteroatoms. The van der Waals surface area contributed by atoms with E-state index < -0.39 is 0 Å². The van der Waals surface area contributed by atoms with E-state index in [1.807, 2.05) is 24.3 Å². The Labute approximate surface area is 123 Å². The third-order valence-corrected chi connectivity index (χ3v) is 4.06. The minimum Gasteiger partial charge on any atom is -0.382 e. The van der Waals surface area contributed by atoms with Crippen LogP contribution in [0.15, 0.2) is 28.7 Å². The molecule has 0 saturated carbocycles. The molecule has 0 atom stereocenters. The van der Waals surface area contributed by atoms with Crippen LogP contribution in [0.1, 0.15) is 15.2 Å². The molecule has 1 aromatic carbocycles. The maximum Gasteiger partial charge on any atom is 0.265 e. The summed E-state index contributed by atoms with van der Waals surface area (Å²) in [5.41, 5.74) is 6.72. The van der Waals surface area contributed by atoms with Gasteiger partial charge in [0.15, 0.2) is 5.13 Å². The molecule has 2 rings (SSSR count). The maximum atomic E-state index is 12.0. The second-order valence-corrected chi connectivity index (χ2v) is 5.71. The number of nitrogens with zero attached hydrogens (tertiary/aromatic N) is 1. The molecule has 0 radical (unpaired) electrons. The van der Waals surface area contributed by atoms with Crippen LogP contribution in [0.5, 0.6) is 0 Å². The average Bonchev–Trinajstić information content (AvgIpc) is 2.79. The van der Waals surface area contributed by atoms with Crippen molar-refractivity contribution in [2.45, 2.75) is 6.54 Å². The summed E-state index contributed by atoms with van der Waals surface area (Å²) in [6, 6.07) is 7.75. The van der Waals surface area contributed by atoms with Gasteiger partial charge in [0.05, 0.1) is 0 Å². The smallest absolute Gasteiger partial charge is 0.265 e. The summed E-state index contributed by atoms with van der Waals surface area (Å²) in [6.07, 6.45) is 0. The average molecular weight is 341 g/mol. The minimum absolute atomic E-state index is 0.209. The first-order valence-corrected chi connectivity index (χ1v) is 7.18. The number of nitrogens with one attached hydrogen (secondary N) is 2. The zero-order valence-corrected chi connectivity index (χ0v) is 12.6. The number of aromatic nitrogens is 1. The molecule has 0 spiro atoms. The highest BCUT2D eigenvalue weighted by atomic mass is 79.9. The van der Waals surface area contributed by atoms with Gasteiger partial charge in [-0.2, -0.15) is 0 Å². The lowest BCUT2D eigenvalue weighted by Crippen LogP contribution is -2.22. The summed E-state index contributed by atoms with van der Waals surface area (Å²) in [5, 5.41) is 6.32. The number of nitrogens with two attached hydrogens (primary N) is 1. The molecule has 0 fully saturated rings. The van der Waals surface area contributed by atoms with Crippen molar-refractivity contribution < 1.29 is 4.79 Å². The van der Waals surface area contributed by atoms with E-state index in [2.05, 4.69) is 31.5 Å². The third-order valence-electron chi connectivity index (χ3n) is 2.44. The number of halogens is 1. The molecule has 1 aromatic heterocycles. The van der Waals surface area contributed by atoms with Crippen LogP contribution in [0.4, 0.5) is 10.9 Å². The lowest BCUT2D eigenvalue weighted by atomic mass is 10.2. The number of carbonyl (C=O) groups excluding carboxylic acids is 1. The van der Waals surface area contributed by atoms with Gasteiger partial charge < -0.3 is 16.4 Å². The van der Waals surface area contributed by atoms with Gasteiger partial charge in [-0.1, -0.05) is 39.4 Å². The van der Waals surface area contributed by atoms with E-state index >= 15 is 0 Å². The first-order valence-electron chi connectivity index (χ1n) is 5.57. The number of hydrogen-bond acceptors (Lipinski definition) is 5. The van der Waals surface area contributed by atoms with Crippen molar-refractivity contribution in [2.75, 3.05) is 18.1 Å². The Hall–Kier alpha value is -1.60. The van der Waals surface area contributed by atoms with E-state index in [4.69, 9.17) is 5.73 Å². The van der Waals surface area contributed by atoms with Crippen LogP contribution in [0.3, 0.4) is 0 Å². The van der Waals surface area contributed by atoms with Gasteiger partial charge in [-0.15, -0.1) is 0 Å². The fraction of sp³-hybridized carbons (Fsp3) is 0.167. The molecule has 0 bridgehead atoms. The fourth-order valence-corrected chi connectivity index (χ4v) is 2.49. The standard InChI is InChI=1S/C12H13BrN4OS/c1-15-12-17-10(14)9(19-12)11(18)16-6-7-2-4-8(13)5-3-7/h2-5H,6,14H2,1H3,(H,15,17)(H,16,18). The van der Waals surface area contributed by atoms with E-state index in [0.717, 1.165) is 10.0 Å². The zero-order valence-electron chi connectivity index (χ0n) is 10.2. The number of rotatable bonds is 4. The van der Waals surface area contributed by atoms with Crippen LogP contribution in [-0.2, 0) is 6.54 Å². The molecule has 4 N–H and O–H groups in total. The molecular weight excluding hydrogens is 328 g/mol. The van der Waals surface area contributed by atoms with Gasteiger partial charge in [0.1, 0.15) is 10.7 Å². The number of nitrogen functional groups attached to an aromatic ring is 1. The summed E-state index contributed by atoms with van der Waals surface area (Å²) in [4.78, 5) is 16.4. The van der Waals surface area contributed by atoms with Crippen molar-refractivity contribution >= 4 is 44.1 Å². The number of benzene rings is 1. The molecule has 5 nitrogen and oxygen atoms in total. The molecular formula is C12H13BrN4OS. The number of thiazole rings is 1. The highest BCUT2D eigenvalue weighted by Crippen LogP contribution is 2.24. The summed E-state index contributed by atoms with van der Waals surface area (Å²) in [5.74, 6) is 0.0436. The van der Waals surface area contributed by atoms with E-state index in [-0.39, 0.29) is 11.7 Å².